The predicted molar refractivity (Wildman–Crippen MR) is 103 cm³/mol. The molecular formula is C19H20Cl2N2O2. The average Bonchev–Trinajstić information content (AvgIpc) is 2.59. The standard InChI is InChI=1S/C19H20Cl2N2O2/c1-4-17(14-7-5-12(2)6-8-14)22-23-19(24)13(3)25-18-10-9-15(20)11-16(18)21/h5-11,13H,4H2,1-3H3,(H,23,24). The maximum Gasteiger partial charge on any atom is 0.280 e. The van der Waals surface area contributed by atoms with Gasteiger partial charge in [-0.2, -0.15) is 5.10 Å². The number of carbonyl (C=O) groups is 1. The molecular weight excluding hydrogens is 359 g/mol. The molecule has 0 aliphatic carbocycles. The molecule has 0 saturated carbocycles. The highest BCUT2D eigenvalue weighted by Gasteiger charge is 2.16. The van der Waals surface area contributed by atoms with Crippen LogP contribution in [-0.4, -0.2) is 17.7 Å². The van der Waals surface area contributed by atoms with E-state index >= 15 is 0 Å². The van der Waals surface area contributed by atoms with Gasteiger partial charge in [0.2, 0.25) is 0 Å². The number of carbonyl (C=O) groups excluding carboxylic acids is 1. The Bertz CT molecular complexity index is 773. The van der Waals surface area contributed by atoms with Gasteiger partial charge in [0.15, 0.2) is 6.10 Å². The van der Waals surface area contributed by atoms with Crippen molar-refractivity contribution in [3.8, 4) is 5.75 Å². The average molecular weight is 379 g/mol. The van der Waals surface area contributed by atoms with Crippen LogP contribution in [0.25, 0.3) is 0 Å². The highest BCUT2D eigenvalue weighted by atomic mass is 35.5. The molecule has 1 unspecified atom stereocenters. The number of nitrogens with zero attached hydrogens (tertiary/aromatic N) is 1. The Labute approximate surface area is 157 Å². The van der Waals surface area contributed by atoms with Gasteiger partial charge in [0.25, 0.3) is 5.91 Å². The zero-order valence-corrected chi connectivity index (χ0v) is 15.9. The molecule has 0 aliphatic rings. The van der Waals surface area contributed by atoms with Crippen LogP contribution in [0.3, 0.4) is 0 Å². The van der Waals surface area contributed by atoms with E-state index in [9.17, 15) is 4.79 Å². The van der Waals surface area contributed by atoms with Crippen LogP contribution in [-0.2, 0) is 4.79 Å². The molecule has 1 N–H and O–H groups in total. The highest BCUT2D eigenvalue weighted by Crippen LogP contribution is 2.28. The SMILES string of the molecule is CCC(=NNC(=O)C(C)Oc1ccc(Cl)cc1Cl)c1ccc(C)cc1. The van der Waals surface area contributed by atoms with E-state index in [0.717, 1.165) is 11.3 Å². The number of hydrogen-bond donors (Lipinski definition) is 1. The number of aryl methyl sites for hydroxylation is 1. The summed E-state index contributed by atoms with van der Waals surface area (Å²) >= 11 is 11.9. The summed E-state index contributed by atoms with van der Waals surface area (Å²) in [6.07, 6.45) is -0.0553. The minimum Gasteiger partial charge on any atom is -0.479 e. The van der Waals surface area contributed by atoms with E-state index in [-0.39, 0.29) is 5.91 Å². The van der Waals surface area contributed by atoms with Crippen molar-refractivity contribution in [2.75, 3.05) is 0 Å². The summed E-state index contributed by atoms with van der Waals surface area (Å²) in [5.41, 5.74) is 5.50. The molecule has 2 aromatic carbocycles. The first-order chi connectivity index (χ1) is 11.9. The van der Waals surface area contributed by atoms with E-state index < -0.39 is 6.10 Å². The molecule has 0 fully saturated rings. The molecule has 0 bridgehead atoms. The second-order valence-corrected chi connectivity index (χ2v) is 6.43. The minimum atomic E-state index is -0.751. The van der Waals surface area contributed by atoms with Crippen LogP contribution < -0.4 is 10.2 Å². The van der Waals surface area contributed by atoms with Gasteiger partial charge in [-0.25, -0.2) is 5.43 Å². The fourth-order valence-corrected chi connectivity index (χ4v) is 2.57. The van der Waals surface area contributed by atoms with Gasteiger partial charge in [0.05, 0.1) is 10.7 Å². The maximum atomic E-state index is 12.2. The zero-order chi connectivity index (χ0) is 18.4. The molecule has 0 radical (unpaired) electrons. The molecule has 4 nitrogen and oxygen atoms in total. The minimum absolute atomic E-state index is 0.351. The zero-order valence-electron chi connectivity index (χ0n) is 14.3. The third-order valence-corrected chi connectivity index (χ3v) is 4.12. The van der Waals surface area contributed by atoms with E-state index in [0.29, 0.717) is 22.2 Å². The lowest BCUT2D eigenvalue weighted by atomic mass is 10.1. The van der Waals surface area contributed by atoms with Gasteiger partial charge < -0.3 is 4.74 Å². The lowest BCUT2D eigenvalue weighted by Gasteiger charge is -2.14. The topological polar surface area (TPSA) is 50.7 Å². The van der Waals surface area contributed by atoms with Gasteiger partial charge in [0.1, 0.15) is 5.75 Å². The molecule has 0 aromatic heterocycles. The summed E-state index contributed by atoms with van der Waals surface area (Å²) in [5, 5.41) is 5.08. The first-order valence-electron chi connectivity index (χ1n) is 7.96. The van der Waals surface area contributed by atoms with Gasteiger partial charge in [0, 0.05) is 5.02 Å². The van der Waals surface area contributed by atoms with Gasteiger partial charge in [-0.15, -0.1) is 0 Å². The van der Waals surface area contributed by atoms with Crippen molar-refractivity contribution in [1.29, 1.82) is 0 Å². The van der Waals surface area contributed by atoms with Crippen molar-refractivity contribution in [3.63, 3.8) is 0 Å². The van der Waals surface area contributed by atoms with Crippen LogP contribution in [0.1, 0.15) is 31.4 Å². The molecule has 0 spiro atoms. The van der Waals surface area contributed by atoms with Crippen molar-refractivity contribution in [1.82, 2.24) is 5.43 Å². The molecule has 0 saturated heterocycles. The number of benzene rings is 2. The van der Waals surface area contributed by atoms with Gasteiger partial charge in [-0.3, -0.25) is 4.79 Å². The molecule has 25 heavy (non-hydrogen) atoms. The van der Waals surface area contributed by atoms with Crippen LogP contribution in [0.2, 0.25) is 10.0 Å². The normalized spacial score (nSPS) is 12.6. The Hall–Kier alpha value is -2.04. The molecule has 2 rings (SSSR count). The van der Waals surface area contributed by atoms with Crippen molar-refractivity contribution in [2.45, 2.75) is 33.3 Å². The smallest absolute Gasteiger partial charge is 0.280 e. The van der Waals surface area contributed by atoms with Gasteiger partial charge in [-0.05, 0) is 44.0 Å². The largest absolute Gasteiger partial charge is 0.479 e. The van der Waals surface area contributed by atoms with Crippen molar-refractivity contribution < 1.29 is 9.53 Å². The van der Waals surface area contributed by atoms with Crippen LogP contribution in [0.5, 0.6) is 5.75 Å². The fraction of sp³-hybridized carbons (Fsp3) is 0.263. The highest BCUT2D eigenvalue weighted by molar-refractivity contribution is 6.35. The van der Waals surface area contributed by atoms with E-state index in [1.807, 2.05) is 38.1 Å². The molecule has 1 amide bonds. The number of nitrogens with one attached hydrogen (secondary N) is 1. The summed E-state index contributed by atoms with van der Waals surface area (Å²) in [6.45, 7) is 5.64. The van der Waals surface area contributed by atoms with Crippen LogP contribution in [0, 0.1) is 6.92 Å². The first-order valence-corrected chi connectivity index (χ1v) is 8.71. The molecule has 1 atom stereocenters. The maximum absolute atomic E-state index is 12.2. The van der Waals surface area contributed by atoms with Crippen LogP contribution >= 0.6 is 23.2 Å². The summed E-state index contributed by atoms with van der Waals surface area (Å²) in [7, 11) is 0. The van der Waals surface area contributed by atoms with Crippen LogP contribution in [0.4, 0.5) is 0 Å². The number of hydrazone groups is 1. The molecule has 2 aromatic rings. The Balaban J connectivity index is 2.03. The Kier molecular flexibility index (Phi) is 6.85. The Morgan fingerprint density at radius 1 is 1.20 bits per heavy atom. The quantitative estimate of drug-likeness (QED) is 0.567. The van der Waals surface area contributed by atoms with Gasteiger partial charge >= 0.3 is 0 Å². The summed E-state index contributed by atoms with van der Waals surface area (Å²) in [6, 6.07) is 12.8. The summed E-state index contributed by atoms with van der Waals surface area (Å²) < 4.78 is 5.58. The van der Waals surface area contributed by atoms with E-state index in [1.54, 1.807) is 25.1 Å². The fourth-order valence-electron chi connectivity index (χ4n) is 2.12. The molecule has 0 aliphatic heterocycles. The number of hydrogen-bond acceptors (Lipinski definition) is 3. The van der Waals surface area contributed by atoms with Gasteiger partial charge in [-0.1, -0.05) is 60.0 Å². The molecule has 6 heteroatoms. The molecule has 132 valence electrons. The first kappa shape index (κ1) is 19.3. The Morgan fingerprint density at radius 3 is 2.48 bits per heavy atom. The van der Waals surface area contributed by atoms with E-state index in [4.69, 9.17) is 27.9 Å². The van der Waals surface area contributed by atoms with E-state index in [1.165, 1.54) is 5.56 Å². The predicted octanol–water partition coefficient (Wildman–Crippen LogP) is 5.00. The lowest BCUT2D eigenvalue weighted by Crippen LogP contribution is -2.34. The lowest BCUT2D eigenvalue weighted by molar-refractivity contribution is -0.127. The summed E-state index contributed by atoms with van der Waals surface area (Å²) in [5.74, 6) is 0.0380. The summed E-state index contributed by atoms with van der Waals surface area (Å²) in [4.78, 5) is 12.2. The van der Waals surface area contributed by atoms with Crippen LogP contribution in [0.15, 0.2) is 47.6 Å². The number of ether oxygens (including phenoxy) is 1. The number of rotatable bonds is 6. The van der Waals surface area contributed by atoms with E-state index in [2.05, 4.69) is 10.5 Å². The molecule has 0 heterocycles. The van der Waals surface area contributed by atoms with Crippen molar-refractivity contribution >= 4 is 34.8 Å². The third kappa shape index (κ3) is 5.48. The number of amides is 1. The second kappa shape index (κ2) is 8.88. The monoisotopic (exact) mass is 378 g/mol. The second-order valence-electron chi connectivity index (χ2n) is 5.59. The van der Waals surface area contributed by atoms with Crippen molar-refractivity contribution in [3.05, 3.63) is 63.6 Å². The number of halogens is 2. The van der Waals surface area contributed by atoms with Crippen molar-refractivity contribution in [2.24, 2.45) is 5.10 Å². The third-order valence-electron chi connectivity index (χ3n) is 3.59. The Morgan fingerprint density at radius 2 is 1.88 bits per heavy atom.